The minimum Gasteiger partial charge on any atom is -0.507 e. The average Bonchev–Trinajstić information content (AvgIpc) is 2.47. The summed E-state index contributed by atoms with van der Waals surface area (Å²) in [7, 11) is 1.47. The minimum atomic E-state index is -0.541. The zero-order chi connectivity index (χ0) is 15.4. The first kappa shape index (κ1) is 14.4. The van der Waals surface area contributed by atoms with Gasteiger partial charge in [0.05, 0.1) is 12.7 Å². The molecule has 4 N–H and O–H groups in total. The molecule has 2 aromatic carbocycles. The Hall–Kier alpha value is -3.02. The Morgan fingerprint density at radius 1 is 1.14 bits per heavy atom. The largest absolute Gasteiger partial charge is 0.507 e. The van der Waals surface area contributed by atoms with E-state index in [0.717, 1.165) is 0 Å². The molecule has 0 atom stereocenters. The Kier molecular flexibility index (Phi) is 4.08. The summed E-state index contributed by atoms with van der Waals surface area (Å²) < 4.78 is 4.95. The maximum atomic E-state index is 12.0. The number of benzene rings is 2. The summed E-state index contributed by atoms with van der Waals surface area (Å²) >= 11 is 0. The third-order valence-corrected chi connectivity index (χ3v) is 2.88. The third-order valence-electron chi connectivity index (χ3n) is 2.88. The lowest BCUT2D eigenvalue weighted by atomic mass is 10.1. The molecule has 0 aliphatic carbocycles. The number of carbonyl (C=O) groups is 2. The third kappa shape index (κ3) is 3.30. The van der Waals surface area contributed by atoms with Crippen LogP contribution in [0.25, 0.3) is 0 Å². The summed E-state index contributed by atoms with van der Waals surface area (Å²) in [5.74, 6) is -0.738. The second-order valence-electron chi connectivity index (χ2n) is 4.28. The number of aromatic hydroxyl groups is 1. The predicted molar refractivity (Wildman–Crippen MR) is 77.6 cm³/mol. The van der Waals surface area contributed by atoms with E-state index in [1.807, 2.05) is 0 Å². The van der Waals surface area contributed by atoms with Crippen molar-refractivity contribution in [3.63, 3.8) is 0 Å². The van der Waals surface area contributed by atoms with Crippen LogP contribution in [0.15, 0.2) is 42.5 Å². The maximum absolute atomic E-state index is 12.0. The molecule has 0 saturated carbocycles. The molecular weight excluding hydrogens is 272 g/mol. The lowest BCUT2D eigenvalue weighted by Crippen LogP contribution is -2.13. The lowest BCUT2D eigenvalue weighted by molar-refractivity contribution is 0.0998. The van der Waals surface area contributed by atoms with Gasteiger partial charge in [0, 0.05) is 17.3 Å². The number of hydrogen-bond donors (Lipinski definition) is 3. The Balaban J connectivity index is 2.16. The van der Waals surface area contributed by atoms with Crippen molar-refractivity contribution in [3.8, 4) is 11.5 Å². The van der Waals surface area contributed by atoms with E-state index in [9.17, 15) is 14.7 Å². The van der Waals surface area contributed by atoms with Crippen LogP contribution >= 0.6 is 0 Å². The zero-order valence-corrected chi connectivity index (χ0v) is 11.3. The Morgan fingerprint density at radius 3 is 2.33 bits per heavy atom. The van der Waals surface area contributed by atoms with E-state index >= 15 is 0 Å². The zero-order valence-electron chi connectivity index (χ0n) is 11.3. The first-order valence-corrected chi connectivity index (χ1v) is 6.09. The molecule has 0 unspecified atom stereocenters. The number of phenolic OH excluding ortho intramolecular Hbond substituents is 1. The van der Waals surface area contributed by atoms with Gasteiger partial charge in [-0.2, -0.15) is 0 Å². The van der Waals surface area contributed by atoms with Gasteiger partial charge < -0.3 is 20.9 Å². The van der Waals surface area contributed by atoms with Crippen molar-refractivity contribution < 1.29 is 19.4 Å². The van der Waals surface area contributed by atoms with Gasteiger partial charge in [-0.15, -0.1) is 0 Å². The summed E-state index contributed by atoms with van der Waals surface area (Å²) in [5.41, 5.74) is 6.09. The van der Waals surface area contributed by atoms with Crippen molar-refractivity contribution >= 4 is 17.5 Å². The highest BCUT2D eigenvalue weighted by Crippen LogP contribution is 2.24. The molecule has 0 bridgehead atoms. The van der Waals surface area contributed by atoms with Gasteiger partial charge in [-0.05, 0) is 36.4 Å². The van der Waals surface area contributed by atoms with Crippen LogP contribution in [-0.4, -0.2) is 24.0 Å². The molecule has 0 spiro atoms. The smallest absolute Gasteiger partial charge is 0.259 e. The first-order chi connectivity index (χ1) is 10.0. The normalized spacial score (nSPS) is 9.95. The second-order valence-corrected chi connectivity index (χ2v) is 4.28. The van der Waals surface area contributed by atoms with Gasteiger partial charge in [-0.3, -0.25) is 9.59 Å². The first-order valence-electron chi connectivity index (χ1n) is 6.09. The number of anilines is 1. The van der Waals surface area contributed by atoms with Gasteiger partial charge in [0.15, 0.2) is 0 Å². The highest BCUT2D eigenvalue weighted by atomic mass is 16.5. The maximum Gasteiger partial charge on any atom is 0.259 e. The number of nitrogens with one attached hydrogen (secondary N) is 1. The molecule has 0 aliphatic heterocycles. The molecule has 0 aromatic heterocycles. The molecule has 0 radical (unpaired) electrons. The van der Waals surface area contributed by atoms with Crippen molar-refractivity contribution in [2.45, 2.75) is 0 Å². The molecule has 0 heterocycles. The van der Waals surface area contributed by atoms with Crippen molar-refractivity contribution in [2.75, 3.05) is 12.4 Å². The van der Waals surface area contributed by atoms with E-state index in [-0.39, 0.29) is 11.3 Å². The van der Waals surface area contributed by atoms with E-state index in [1.54, 1.807) is 18.2 Å². The molecule has 0 fully saturated rings. The number of primary amides is 1. The second kappa shape index (κ2) is 5.96. The van der Waals surface area contributed by atoms with Crippen LogP contribution < -0.4 is 15.8 Å². The average molecular weight is 286 g/mol. The molecule has 108 valence electrons. The molecule has 21 heavy (non-hydrogen) atoms. The summed E-state index contributed by atoms with van der Waals surface area (Å²) in [5, 5.41) is 12.4. The number of hydrogen-bond acceptors (Lipinski definition) is 4. The standard InChI is InChI=1S/C15H14N2O4/c1-21-11-6-7-12(13(18)8-11)15(20)17-10-4-2-9(3-5-10)14(16)19/h2-8,18H,1H3,(H2,16,19)(H,17,20). The number of amides is 2. The van der Waals surface area contributed by atoms with Crippen LogP contribution in [0.3, 0.4) is 0 Å². The predicted octanol–water partition coefficient (Wildman–Crippen LogP) is 1.75. The monoisotopic (exact) mass is 286 g/mol. The van der Waals surface area contributed by atoms with Crippen LogP contribution in [0.2, 0.25) is 0 Å². The summed E-state index contributed by atoms with van der Waals surface area (Å²) in [4.78, 5) is 23.0. The summed E-state index contributed by atoms with van der Waals surface area (Å²) in [6.07, 6.45) is 0. The van der Waals surface area contributed by atoms with Crippen LogP contribution in [-0.2, 0) is 0 Å². The number of phenols is 1. The molecule has 6 heteroatoms. The Labute approximate surface area is 121 Å². The van der Waals surface area contributed by atoms with Gasteiger partial charge in [0.1, 0.15) is 11.5 Å². The van der Waals surface area contributed by atoms with E-state index < -0.39 is 11.8 Å². The van der Waals surface area contributed by atoms with Gasteiger partial charge in [-0.25, -0.2) is 0 Å². The van der Waals surface area contributed by atoms with Gasteiger partial charge >= 0.3 is 0 Å². The van der Waals surface area contributed by atoms with Crippen molar-refractivity contribution in [1.82, 2.24) is 0 Å². The number of methoxy groups -OCH3 is 1. The molecule has 0 saturated heterocycles. The molecule has 2 rings (SSSR count). The Bertz CT molecular complexity index is 681. The Morgan fingerprint density at radius 2 is 1.81 bits per heavy atom. The fourth-order valence-corrected chi connectivity index (χ4v) is 1.75. The number of rotatable bonds is 4. The minimum absolute atomic E-state index is 0.120. The van der Waals surface area contributed by atoms with Crippen molar-refractivity contribution in [2.24, 2.45) is 5.73 Å². The number of nitrogens with two attached hydrogens (primary N) is 1. The summed E-state index contributed by atoms with van der Waals surface area (Å²) in [6.45, 7) is 0. The topological polar surface area (TPSA) is 102 Å². The molecule has 0 aliphatic rings. The quantitative estimate of drug-likeness (QED) is 0.796. The molecule has 2 amide bonds. The van der Waals surface area contributed by atoms with Crippen LogP contribution in [0, 0.1) is 0 Å². The van der Waals surface area contributed by atoms with Crippen LogP contribution in [0.5, 0.6) is 11.5 Å². The highest BCUT2D eigenvalue weighted by molar-refractivity contribution is 6.06. The molecule has 2 aromatic rings. The SMILES string of the molecule is COc1ccc(C(=O)Nc2ccc(C(N)=O)cc2)c(O)c1. The van der Waals surface area contributed by atoms with E-state index in [1.165, 1.54) is 31.4 Å². The van der Waals surface area contributed by atoms with Gasteiger partial charge in [-0.1, -0.05) is 0 Å². The lowest BCUT2D eigenvalue weighted by Gasteiger charge is -2.08. The number of carbonyl (C=O) groups excluding carboxylic acids is 2. The van der Waals surface area contributed by atoms with E-state index in [0.29, 0.717) is 17.0 Å². The van der Waals surface area contributed by atoms with Crippen LogP contribution in [0.4, 0.5) is 5.69 Å². The van der Waals surface area contributed by atoms with E-state index in [4.69, 9.17) is 10.5 Å². The van der Waals surface area contributed by atoms with Crippen LogP contribution in [0.1, 0.15) is 20.7 Å². The van der Waals surface area contributed by atoms with Gasteiger partial charge in [0.25, 0.3) is 5.91 Å². The summed E-state index contributed by atoms with van der Waals surface area (Å²) in [6, 6.07) is 10.5. The van der Waals surface area contributed by atoms with Gasteiger partial charge in [0.2, 0.25) is 5.91 Å². The van der Waals surface area contributed by atoms with Crippen molar-refractivity contribution in [1.29, 1.82) is 0 Å². The fraction of sp³-hybridized carbons (Fsp3) is 0.0667. The molecule has 6 nitrogen and oxygen atoms in total. The van der Waals surface area contributed by atoms with E-state index in [2.05, 4.69) is 5.32 Å². The highest BCUT2D eigenvalue weighted by Gasteiger charge is 2.12. The molecular formula is C15H14N2O4. The number of ether oxygens (including phenoxy) is 1. The fourth-order valence-electron chi connectivity index (χ4n) is 1.75. The van der Waals surface area contributed by atoms with Crippen molar-refractivity contribution in [3.05, 3.63) is 53.6 Å².